The Morgan fingerprint density at radius 3 is 2.70 bits per heavy atom. The molecule has 0 spiro atoms. The van der Waals surface area contributed by atoms with Crippen molar-refractivity contribution in [1.82, 2.24) is 0 Å². The van der Waals surface area contributed by atoms with E-state index in [0.29, 0.717) is 20.8 Å². The molecule has 0 atom stereocenters. The zero-order valence-corrected chi connectivity index (χ0v) is 15.6. The zero-order chi connectivity index (χ0) is 19.6. The molecule has 9 heteroatoms. The number of benzene rings is 2. The van der Waals surface area contributed by atoms with E-state index in [4.69, 9.17) is 16.3 Å². The number of halogens is 1. The van der Waals surface area contributed by atoms with Gasteiger partial charge in [-0.2, -0.15) is 0 Å². The number of fused-ring (bicyclic) bond motifs is 1. The van der Waals surface area contributed by atoms with Crippen molar-refractivity contribution >= 4 is 56.3 Å². The molecule has 138 valence electrons. The number of carbonyl (C=O) groups excluding carboxylic acids is 2. The van der Waals surface area contributed by atoms with Gasteiger partial charge in [-0.15, -0.1) is 11.3 Å². The first-order chi connectivity index (χ1) is 12.8. The molecular weight excluding hydrogens is 392 g/mol. The number of esters is 1. The van der Waals surface area contributed by atoms with Crippen LogP contribution in [0.25, 0.3) is 10.1 Å². The monoisotopic (exact) mass is 404 g/mol. The molecular formula is C18H13ClN2O5S. The van der Waals surface area contributed by atoms with Crippen LogP contribution < -0.4 is 5.32 Å². The van der Waals surface area contributed by atoms with E-state index in [0.717, 1.165) is 16.9 Å². The van der Waals surface area contributed by atoms with Crippen LogP contribution in [-0.4, -0.2) is 23.4 Å². The maximum absolute atomic E-state index is 12.2. The highest BCUT2D eigenvalue weighted by Gasteiger charge is 2.16. The fourth-order valence-corrected chi connectivity index (χ4v) is 3.56. The Hall–Kier alpha value is -2.97. The van der Waals surface area contributed by atoms with Gasteiger partial charge < -0.3 is 10.1 Å². The van der Waals surface area contributed by atoms with Crippen molar-refractivity contribution in [3.63, 3.8) is 0 Å². The number of rotatable bonds is 5. The summed E-state index contributed by atoms with van der Waals surface area (Å²) in [4.78, 5) is 34.7. The maximum Gasteiger partial charge on any atom is 0.348 e. The molecule has 27 heavy (non-hydrogen) atoms. The van der Waals surface area contributed by atoms with E-state index in [-0.39, 0.29) is 10.6 Å². The molecule has 1 aromatic heterocycles. The summed E-state index contributed by atoms with van der Waals surface area (Å²) in [7, 11) is 0. The number of nitrogens with one attached hydrogen (secondary N) is 1. The van der Waals surface area contributed by atoms with Crippen molar-refractivity contribution in [2.24, 2.45) is 0 Å². The van der Waals surface area contributed by atoms with Crippen LogP contribution in [0.4, 0.5) is 11.4 Å². The molecule has 1 N–H and O–H groups in total. The highest BCUT2D eigenvalue weighted by molar-refractivity contribution is 7.20. The molecule has 0 aliphatic heterocycles. The van der Waals surface area contributed by atoms with Gasteiger partial charge >= 0.3 is 5.97 Å². The van der Waals surface area contributed by atoms with Crippen LogP contribution in [-0.2, 0) is 9.53 Å². The van der Waals surface area contributed by atoms with E-state index in [2.05, 4.69) is 5.32 Å². The summed E-state index contributed by atoms with van der Waals surface area (Å²) in [6.45, 7) is 1.35. The molecule has 0 unspecified atom stereocenters. The van der Waals surface area contributed by atoms with Gasteiger partial charge in [-0.1, -0.05) is 11.6 Å². The van der Waals surface area contributed by atoms with Crippen LogP contribution >= 0.6 is 22.9 Å². The van der Waals surface area contributed by atoms with Gasteiger partial charge in [0.15, 0.2) is 6.61 Å². The predicted molar refractivity (Wildman–Crippen MR) is 104 cm³/mol. The Bertz CT molecular complexity index is 1060. The fourth-order valence-electron chi connectivity index (χ4n) is 2.40. The summed E-state index contributed by atoms with van der Waals surface area (Å²) < 4.78 is 5.75. The van der Waals surface area contributed by atoms with E-state index in [1.54, 1.807) is 31.2 Å². The van der Waals surface area contributed by atoms with Crippen molar-refractivity contribution in [2.45, 2.75) is 6.92 Å². The average Bonchev–Trinajstić information content (AvgIpc) is 3.05. The molecule has 0 aliphatic carbocycles. The largest absolute Gasteiger partial charge is 0.451 e. The summed E-state index contributed by atoms with van der Waals surface area (Å²) >= 11 is 7.01. The first-order valence-corrected chi connectivity index (χ1v) is 8.94. The van der Waals surface area contributed by atoms with Gasteiger partial charge in [-0.3, -0.25) is 14.9 Å². The molecule has 0 bridgehead atoms. The third kappa shape index (κ3) is 4.42. The summed E-state index contributed by atoms with van der Waals surface area (Å²) in [5, 5.41) is 14.6. The lowest BCUT2D eigenvalue weighted by Crippen LogP contribution is -2.21. The normalized spacial score (nSPS) is 10.6. The van der Waals surface area contributed by atoms with Gasteiger partial charge in [0.2, 0.25) is 0 Å². The van der Waals surface area contributed by atoms with Gasteiger partial charge in [0.1, 0.15) is 4.88 Å². The Labute approximate surface area is 162 Å². The standard InChI is InChI=1S/C18H13ClN2O5S/c1-10-6-12(19)2-4-14(10)20-17(22)9-26-18(23)16-8-11-7-13(21(24)25)3-5-15(11)27-16/h2-8H,9H2,1H3,(H,20,22). The number of aryl methyl sites for hydroxylation is 1. The van der Waals surface area contributed by atoms with E-state index in [9.17, 15) is 19.7 Å². The zero-order valence-electron chi connectivity index (χ0n) is 14.0. The number of hydrogen-bond donors (Lipinski definition) is 1. The summed E-state index contributed by atoms with van der Waals surface area (Å²) in [5.41, 5.74) is 1.31. The number of amides is 1. The van der Waals surface area contributed by atoms with Gasteiger partial charge in [-0.05, 0) is 42.8 Å². The smallest absolute Gasteiger partial charge is 0.348 e. The lowest BCUT2D eigenvalue weighted by molar-refractivity contribution is -0.384. The van der Waals surface area contributed by atoms with Crippen molar-refractivity contribution in [3.8, 4) is 0 Å². The van der Waals surface area contributed by atoms with Crippen LogP contribution in [0, 0.1) is 17.0 Å². The summed E-state index contributed by atoms with van der Waals surface area (Å²) in [6.07, 6.45) is 0. The SMILES string of the molecule is Cc1cc(Cl)ccc1NC(=O)COC(=O)c1cc2cc([N+](=O)[O-])ccc2s1. The number of ether oxygens (including phenoxy) is 1. The van der Waals surface area contributed by atoms with E-state index >= 15 is 0 Å². The molecule has 3 rings (SSSR count). The number of hydrogen-bond acceptors (Lipinski definition) is 6. The van der Waals surface area contributed by atoms with Crippen molar-refractivity contribution in [1.29, 1.82) is 0 Å². The summed E-state index contributed by atoms with van der Waals surface area (Å²) in [6, 6.07) is 10.9. The number of thiophene rings is 1. The minimum absolute atomic E-state index is 0.0575. The molecule has 0 aliphatic rings. The maximum atomic E-state index is 12.2. The third-order valence-corrected chi connectivity index (χ3v) is 5.04. The molecule has 0 saturated heterocycles. The highest BCUT2D eigenvalue weighted by atomic mass is 35.5. The lowest BCUT2D eigenvalue weighted by atomic mass is 10.2. The Kier molecular flexibility index (Phi) is 5.38. The minimum atomic E-state index is -0.665. The van der Waals surface area contributed by atoms with Crippen LogP contribution in [0.5, 0.6) is 0 Å². The molecule has 2 aromatic carbocycles. The van der Waals surface area contributed by atoms with E-state index in [1.165, 1.54) is 18.2 Å². The molecule has 1 heterocycles. The average molecular weight is 405 g/mol. The second-order valence-corrected chi connectivity index (χ2v) is 7.19. The van der Waals surface area contributed by atoms with Crippen molar-refractivity contribution in [2.75, 3.05) is 11.9 Å². The Morgan fingerprint density at radius 1 is 1.22 bits per heavy atom. The molecule has 0 fully saturated rings. The van der Waals surface area contributed by atoms with Gasteiger partial charge in [0, 0.05) is 32.9 Å². The predicted octanol–water partition coefficient (Wildman–Crippen LogP) is 4.57. The second-order valence-electron chi connectivity index (χ2n) is 5.67. The minimum Gasteiger partial charge on any atom is -0.451 e. The highest BCUT2D eigenvalue weighted by Crippen LogP contribution is 2.29. The van der Waals surface area contributed by atoms with E-state index in [1.807, 2.05) is 0 Å². The molecule has 1 amide bonds. The molecule has 3 aromatic rings. The van der Waals surface area contributed by atoms with E-state index < -0.39 is 23.4 Å². The number of nitro groups is 1. The van der Waals surface area contributed by atoms with Crippen molar-refractivity contribution < 1.29 is 19.2 Å². The molecule has 0 radical (unpaired) electrons. The van der Waals surface area contributed by atoms with Crippen LogP contribution in [0.2, 0.25) is 5.02 Å². The first-order valence-electron chi connectivity index (χ1n) is 7.74. The lowest BCUT2D eigenvalue weighted by Gasteiger charge is -2.08. The quantitative estimate of drug-likeness (QED) is 0.381. The van der Waals surface area contributed by atoms with Crippen LogP contribution in [0.1, 0.15) is 15.2 Å². The number of anilines is 1. The topological polar surface area (TPSA) is 98.5 Å². The molecule has 0 saturated carbocycles. The number of nitrogens with zero attached hydrogens (tertiary/aromatic N) is 1. The Morgan fingerprint density at radius 2 is 2.00 bits per heavy atom. The number of non-ortho nitro benzene ring substituents is 1. The molecule has 7 nitrogen and oxygen atoms in total. The first kappa shape index (κ1) is 18.8. The van der Waals surface area contributed by atoms with Gasteiger partial charge in [0.25, 0.3) is 11.6 Å². The Balaban J connectivity index is 1.64. The second kappa shape index (κ2) is 7.73. The van der Waals surface area contributed by atoms with Gasteiger partial charge in [0.05, 0.1) is 4.92 Å². The third-order valence-electron chi connectivity index (χ3n) is 3.71. The number of nitro benzene ring substituents is 1. The fraction of sp³-hybridized carbons (Fsp3) is 0.111. The number of carbonyl (C=O) groups is 2. The van der Waals surface area contributed by atoms with Crippen molar-refractivity contribution in [3.05, 3.63) is 68.0 Å². The van der Waals surface area contributed by atoms with Crippen LogP contribution in [0.15, 0.2) is 42.5 Å². The van der Waals surface area contributed by atoms with Crippen LogP contribution in [0.3, 0.4) is 0 Å². The van der Waals surface area contributed by atoms with Gasteiger partial charge in [-0.25, -0.2) is 4.79 Å². The summed E-state index contributed by atoms with van der Waals surface area (Å²) in [5.74, 6) is -1.15.